The van der Waals surface area contributed by atoms with Gasteiger partial charge in [0.15, 0.2) is 0 Å². The van der Waals surface area contributed by atoms with Crippen LogP contribution in [0.2, 0.25) is 0 Å². The first-order chi connectivity index (χ1) is 11.4. The minimum absolute atomic E-state index is 1.08. The van der Waals surface area contributed by atoms with Gasteiger partial charge < -0.3 is 5.32 Å². The molecule has 3 aromatic carbocycles. The highest BCUT2D eigenvalue weighted by atomic mass is 14.9. The zero-order chi connectivity index (χ0) is 15.5. The molecule has 1 N–H and O–H groups in total. The summed E-state index contributed by atoms with van der Waals surface area (Å²) in [7, 11) is 0. The minimum Gasteiger partial charge on any atom is -0.355 e. The van der Waals surface area contributed by atoms with Gasteiger partial charge in [0, 0.05) is 29.2 Å². The zero-order valence-electron chi connectivity index (χ0n) is 12.6. The summed E-state index contributed by atoms with van der Waals surface area (Å²) in [5, 5.41) is 5.98. The first-order valence-electron chi connectivity index (χ1n) is 7.65. The number of nitrogens with one attached hydrogen (secondary N) is 1. The predicted molar refractivity (Wildman–Crippen MR) is 96.9 cm³/mol. The second-order valence-electron chi connectivity index (χ2n) is 5.46. The van der Waals surface area contributed by atoms with E-state index in [0.29, 0.717) is 0 Å². The zero-order valence-corrected chi connectivity index (χ0v) is 12.6. The quantitative estimate of drug-likeness (QED) is 0.528. The lowest BCUT2D eigenvalue weighted by Gasteiger charge is -2.10. The lowest BCUT2D eigenvalue weighted by molar-refractivity contribution is 1.33. The SMILES string of the molecule is c1ccc2c(Nc3ccc(-c4ccncc4)cc3)cccc2c1. The van der Waals surface area contributed by atoms with Gasteiger partial charge in [0.2, 0.25) is 0 Å². The third-order valence-electron chi connectivity index (χ3n) is 3.97. The predicted octanol–water partition coefficient (Wildman–Crippen LogP) is 5.65. The molecule has 2 heteroatoms. The summed E-state index contributed by atoms with van der Waals surface area (Å²) in [5.74, 6) is 0. The van der Waals surface area contributed by atoms with Gasteiger partial charge in [-0.05, 0) is 46.8 Å². The van der Waals surface area contributed by atoms with Crippen molar-refractivity contribution in [3.05, 3.63) is 91.3 Å². The van der Waals surface area contributed by atoms with Crippen molar-refractivity contribution in [2.75, 3.05) is 5.32 Å². The Morgan fingerprint density at radius 2 is 1.30 bits per heavy atom. The third kappa shape index (κ3) is 2.79. The summed E-state index contributed by atoms with van der Waals surface area (Å²) < 4.78 is 0. The maximum atomic E-state index is 4.06. The standard InChI is InChI=1S/C21H16N2/c1-2-6-20-18(4-1)5-3-7-21(20)23-19-10-8-16(9-11-19)17-12-14-22-15-13-17/h1-15,23H. The Kier molecular flexibility index (Phi) is 3.49. The molecule has 0 spiro atoms. The average Bonchev–Trinajstić information content (AvgIpc) is 2.63. The molecule has 2 nitrogen and oxygen atoms in total. The van der Waals surface area contributed by atoms with Gasteiger partial charge in [-0.2, -0.15) is 0 Å². The van der Waals surface area contributed by atoms with E-state index in [2.05, 4.69) is 77.0 Å². The summed E-state index contributed by atoms with van der Waals surface area (Å²) in [6, 6.07) is 27.2. The minimum atomic E-state index is 1.08. The van der Waals surface area contributed by atoms with E-state index < -0.39 is 0 Å². The van der Waals surface area contributed by atoms with Crippen LogP contribution in [0, 0.1) is 0 Å². The molecule has 4 rings (SSSR count). The molecule has 0 saturated heterocycles. The number of pyridine rings is 1. The third-order valence-corrected chi connectivity index (χ3v) is 3.97. The molecule has 0 amide bonds. The average molecular weight is 296 g/mol. The Morgan fingerprint density at radius 1 is 0.609 bits per heavy atom. The van der Waals surface area contributed by atoms with Gasteiger partial charge in [-0.15, -0.1) is 0 Å². The number of rotatable bonds is 3. The van der Waals surface area contributed by atoms with E-state index in [9.17, 15) is 0 Å². The smallest absolute Gasteiger partial charge is 0.0463 e. The molecule has 0 radical (unpaired) electrons. The van der Waals surface area contributed by atoms with Gasteiger partial charge >= 0.3 is 0 Å². The van der Waals surface area contributed by atoms with Gasteiger partial charge in [-0.3, -0.25) is 4.98 Å². The second kappa shape index (κ2) is 5.93. The van der Waals surface area contributed by atoms with Crippen LogP contribution in [-0.2, 0) is 0 Å². The molecular weight excluding hydrogens is 280 g/mol. The number of aromatic nitrogens is 1. The highest BCUT2D eigenvalue weighted by molar-refractivity contribution is 5.95. The van der Waals surface area contributed by atoms with Crippen LogP contribution in [-0.4, -0.2) is 4.98 Å². The van der Waals surface area contributed by atoms with Gasteiger partial charge in [0.05, 0.1) is 0 Å². The molecule has 1 aromatic heterocycles. The Labute approximate surface area is 135 Å². The number of hydrogen-bond acceptors (Lipinski definition) is 2. The van der Waals surface area contributed by atoms with E-state index >= 15 is 0 Å². The van der Waals surface area contributed by atoms with Crippen molar-refractivity contribution in [3.63, 3.8) is 0 Å². The van der Waals surface area contributed by atoms with E-state index in [4.69, 9.17) is 0 Å². The van der Waals surface area contributed by atoms with E-state index in [1.807, 2.05) is 24.5 Å². The topological polar surface area (TPSA) is 24.9 Å². The van der Waals surface area contributed by atoms with Gasteiger partial charge in [0.1, 0.15) is 0 Å². The van der Waals surface area contributed by atoms with E-state index in [0.717, 1.165) is 11.4 Å². The summed E-state index contributed by atoms with van der Waals surface area (Å²) in [5.41, 5.74) is 4.58. The monoisotopic (exact) mass is 296 g/mol. The molecule has 0 saturated carbocycles. The Hall–Kier alpha value is -3.13. The molecule has 0 aliphatic heterocycles. The molecule has 1 heterocycles. The van der Waals surface area contributed by atoms with Crippen molar-refractivity contribution in [2.24, 2.45) is 0 Å². The normalized spacial score (nSPS) is 10.6. The maximum absolute atomic E-state index is 4.06. The number of hydrogen-bond donors (Lipinski definition) is 1. The molecule has 23 heavy (non-hydrogen) atoms. The fraction of sp³-hybridized carbons (Fsp3) is 0. The Balaban J connectivity index is 1.64. The molecular formula is C21H16N2. The number of anilines is 2. The van der Waals surface area contributed by atoms with Crippen molar-refractivity contribution < 1.29 is 0 Å². The summed E-state index contributed by atoms with van der Waals surface area (Å²) in [6.45, 7) is 0. The fourth-order valence-electron chi connectivity index (χ4n) is 2.78. The van der Waals surface area contributed by atoms with Crippen molar-refractivity contribution in [3.8, 4) is 11.1 Å². The fourth-order valence-corrected chi connectivity index (χ4v) is 2.78. The van der Waals surface area contributed by atoms with Crippen molar-refractivity contribution in [1.82, 2.24) is 4.98 Å². The second-order valence-corrected chi connectivity index (χ2v) is 5.46. The van der Waals surface area contributed by atoms with Crippen LogP contribution in [0.5, 0.6) is 0 Å². The van der Waals surface area contributed by atoms with Crippen LogP contribution >= 0.6 is 0 Å². The van der Waals surface area contributed by atoms with E-state index in [-0.39, 0.29) is 0 Å². The molecule has 0 fully saturated rings. The van der Waals surface area contributed by atoms with Crippen molar-refractivity contribution >= 4 is 22.1 Å². The Bertz CT molecular complexity index is 923. The lowest BCUT2D eigenvalue weighted by Crippen LogP contribution is -1.91. The van der Waals surface area contributed by atoms with Crippen LogP contribution in [0.4, 0.5) is 11.4 Å². The van der Waals surface area contributed by atoms with Crippen molar-refractivity contribution in [2.45, 2.75) is 0 Å². The van der Waals surface area contributed by atoms with Gasteiger partial charge in [-0.25, -0.2) is 0 Å². The van der Waals surface area contributed by atoms with Gasteiger partial charge in [0.25, 0.3) is 0 Å². The first kappa shape index (κ1) is 13.5. The summed E-state index contributed by atoms with van der Waals surface area (Å²) in [4.78, 5) is 4.06. The van der Waals surface area contributed by atoms with Crippen LogP contribution < -0.4 is 5.32 Å². The summed E-state index contributed by atoms with van der Waals surface area (Å²) >= 11 is 0. The molecule has 0 atom stereocenters. The van der Waals surface area contributed by atoms with Crippen LogP contribution in [0.15, 0.2) is 91.3 Å². The Morgan fingerprint density at radius 3 is 2.13 bits per heavy atom. The number of benzene rings is 3. The van der Waals surface area contributed by atoms with Crippen LogP contribution in [0.25, 0.3) is 21.9 Å². The number of fused-ring (bicyclic) bond motifs is 1. The highest BCUT2D eigenvalue weighted by Gasteiger charge is 2.02. The first-order valence-corrected chi connectivity index (χ1v) is 7.65. The van der Waals surface area contributed by atoms with E-state index in [1.165, 1.54) is 21.9 Å². The molecule has 0 bridgehead atoms. The molecule has 0 aliphatic rings. The van der Waals surface area contributed by atoms with E-state index in [1.54, 1.807) is 0 Å². The summed E-state index contributed by atoms with van der Waals surface area (Å²) in [6.07, 6.45) is 3.63. The maximum Gasteiger partial charge on any atom is 0.0463 e. The largest absolute Gasteiger partial charge is 0.355 e. The molecule has 4 aromatic rings. The van der Waals surface area contributed by atoms with Crippen molar-refractivity contribution in [1.29, 1.82) is 0 Å². The number of nitrogens with zero attached hydrogens (tertiary/aromatic N) is 1. The highest BCUT2D eigenvalue weighted by Crippen LogP contribution is 2.27. The molecule has 0 unspecified atom stereocenters. The van der Waals surface area contributed by atoms with Gasteiger partial charge in [-0.1, -0.05) is 48.5 Å². The lowest BCUT2D eigenvalue weighted by atomic mass is 10.1. The molecule has 110 valence electrons. The van der Waals surface area contributed by atoms with Crippen LogP contribution in [0.3, 0.4) is 0 Å². The molecule has 0 aliphatic carbocycles. The van der Waals surface area contributed by atoms with Crippen LogP contribution in [0.1, 0.15) is 0 Å².